The minimum Gasteiger partial charge on any atom is -0.228 e. The fourth-order valence-corrected chi connectivity index (χ4v) is 3.96. The summed E-state index contributed by atoms with van der Waals surface area (Å²) in [6.45, 7) is 25.1. The molecule has 35 heavy (non-hydrogen) atoms. The molecule has 0 bridgehead atoms. The monoisotopic (exact) mass is 481 g/mol. The Kier molecular flexibility index (Phi) is 10.4. The summed E-state index contributed by atoms with van der Waals surface area (Å²) in [5, 5.41) is 0. The zero-order chi connectivity index (χ0) is 27.2. The summed E-state index contributed by atoms with van der Waals surface area (Å²) in [7, 11) is 0. The predicted octanol–water partition coefficient (Wildman–Crippen LogP) is 9.55. The third kappa shape index (κ3) is 9.20. The van der Waals surface area contributed by atoms with Gasteiger partial charge in [-0.25, -0.2) is 9.37 Å². The second-order valence-corrected chi connectivity index (χ2v) is 12.3. The van der Waals surface area contributed by atoms with Crippen LogP contribution in [0.3, 0.4) is 0 Å². The van der Waals surface area contributed by atoms with Crippen LogP contribution in [-0.4, -0.2) is 4.98 Å². The maximum Gasteiger partial charge on any atom is 0.216 e. The summed E-state index contributed by atoms with van der Waals surface area (Å²) in [4.78, 5) is 3.59. The smallest absolute Gasteiger partial charge is 0.216 e. The Morgan fingerprint density at radius 1 is 0.543 bits per heavy atom. The maximum atomic E-state index is 13.1. The molecule has 1 nitrogen and oxygen atoms in total. The number of rotatable bonds is 0. The number of pyridine rings is 1. The molecule has 0 unspecified atom stereocenters. The van der Waals surface area contributed by atoms with E-state index in [4.69, 9.17) is 0 Å². The first-order chi connectivity index (χ1) is 15.9. The van der Waals surface area contributed by atoms with E-state index >= 15 is 0 Å². The average molecular weight is 482 g/mol. The van der Waals surface area contributed by atoms with E-state index in [1.165, 1.54) is 29.0 Å². The quantitative estimate of drug-likeness (QED) is 0.291. The molecular formula is C32H45F2N. The van der Waals surface area contributed by atoms with E-state index in [2.05, 4.69) is 78.6 Å². The number of hydrogen-bond acceptors (Lipinski definition) is 1. The lowest BCUT2D eigenvalue weighted by molar-refractivity contribution is 0.523. The van der Waals surface area contributed by atoms with Crippen LogP contribution in [0.2, 0.25) is 0 Å². The van der Waals surface area contributed by atoms with Crippen molar-refractivity contribution in [3.8, 4) is 0 Å². The van der Waals surface area contributed by atoms with Gasteiger partial charge in [0.15, 0.2) is 0 Å². The zero-order valence-electron chi connectivity index (χ0n) is 23.9. The molecule has 1 heterocycles. The van der Waals surface area contributed by atoms with Gasteiger partial charge in [0.05, 0.1) is 0 Å². The first-order valence-corrected chi connectivity index (χ1v) is 12.3. The van der Waals surface area contributed by atoms with Crippen LogP contribution in [-0.2, 0) is 16.2 Å². The van der Waals surface area contributed by atoms with Crippen LogP contribution < -0.4 is 0 Å². The molecule has 1 aromatic heterocycles. The van der Waals surface area contributed by atoms with E-state index in [0.29, 0.717) is 5.56 Å². The molecule has 0 spiro atoms. The van der Waals surface area contributed by atoms with Crippen molar-refractivity contribution in [2.24, 2.45) is 0 Å². The summed E-state index contributed by atoms with van der Waals surface area (Å²) in [6.07, 6.45) is 1.52. The van der Waals surface area contributed by atoms with Gasteiger partial charge in [-0.15, -0.1) is 0 Å². The van der Waals surface area contributed by atoms with Crippen LogP contribution in [0.15, 0.2) is 54.7 Å². The van der Waals surface area contributed by atoms with Gasteiger partial charge >= 0.3 is 0 Å². The summed E-state index contributed by atoms with van der Waals surface area (Å²) < 4.78 is 26.1. The minimum absolute atomic E-state index is 0.00609. The molecule has 0 amide bonds. The highest BCUT2D eigenvalue weighted by atomic mass is 19.1. The molecule has 3 rings (SSSR count). The number of aromatic nitrogens is 1. The Labute approximate surface area is 213 Å². The Morgan fingerprint density at radius 3 is 1.40 bits per heavy atom. The van der Waals surface area contributed by atoms with Crippen molar-refractivity contribution in [1.82, 2.24) is 4.98 Å². The Morgan fingerprint density at radius 2 is 1.00 bits per heavy atom. The van der Waals surface area contributed by atoms with Crippen molar-refractivity contribution in [2.45, 2.75) is 99.3 Å². The van der Waals surface area contributed by atoms with Gasteiger partial charge < -0.3 is 0 Å². The third-order valence-electron chi connectivity index (χ3n) is 6.05. The van der Waals surface area contributed by atoms with Gasteiger partial charge in [0, 0.05) is 11.8 Å². The van der Waals surface area contributed by atoms with Crippen LogP contribution in [0.25, 0.3) is 0 Å². The Bertz CT molecular complexity index is 1030. The molecule has 192 valence electrons. The molecule has 0 aliphatic carbocycles. The van der Waals surface area contributed by atoms with Gasteiger partial charge in [0.25, 0.3) is 0 Å². The molecule has 0 N–H and O–H groups in total. The molecular weight excluding hydrogens is 436 g/mol. The second-order valence-electron chi connectivity index (χ2n) is 12.3. The number of hydrogen-bond donors (Lipinski definition) is 0. The van der Waals surface area contributed by atoms with Crippen LogP contribution in [0.1, 0.15) is 95.7 Å². The van der Waals surface area contributed by atoms with Crippen LogP contribution in [0.4, 0.5) is 8.78 Å². The van der Waals surface area contributed by atoms with Crippen molar-refractivity contribution in [1.29, 1.82) is 0 Å². The molecule has 3 heteroatoms. The van der Waals surface area contributed by atoms with Crippen molar-refractivity contribution in [3.63, 3.8) is 0 Å². The normalized spacial score (nSPS) is 11.7. The Balaban J connectivity index is 0.000000263. The van der Waals surface area contributed by atoms with Gasteiger partial charge in [0.1, 0.15) is 5.82 Å². The Hall–Kier alpha value is -2.55. The van der Waals surface area contributed by atoms with Crippen molar-refractivity contribution in [2.75, 3.05) is 0 Å². The zero-order valence-corrected chi connectivity index (χ0v) is 23.9. The van der Waals surface area contributed by atoms with Gasteiger partial charge in [0.2, 0.25) is 5.95 Å². The lowest BCUT2D eigenvalue weighted by Crippen LogP contribution is -2.14. The number of nitrogens with zero attached hydrogens (tertiary/aromatic N) is 1. The first-order valence-electron chi connectivity index (χ1n) is 12.3. The molecule has 0 atom stereocenters. The molecule has 2 aromatic carbocycles. The number of benzene rings is 2. The van der Waals surface area contributed by atoms with E-state index in [1.54, 1.807) is 13.0 Å². The molecule has 0 aliphatic heterocycles. The van der Waals surface area contributed by atoms with E-state index in [1.807, 2.05) is 39.0 Å². The number of halogens is 2. The average Bonchev–Trinajstić information content (AvgIpc) is 2.71. The molecule has 0 radical (unpaired) electrons. The summed E-state index contributed by atoms with van der Waals surface area (Å²) in [5.41, 5.74) is 6.92. The fraction of sp³-hybridized carbons (Fsp3) is 0.469. The summed E-state index contributed by atoms with van der Waals surface area (Å²) in [5.74, 6) is -0.470. The fourth-order valence-electron chi connectivity index (χ4n) is 3.96. The van der Waals surface area contributed by atoms with Crippen molar-refractivity contribution >= 4 is 0 Å². The van der Waals surface area contributed by atoms with Gasteiger partial charge in [-0.2, -0.15) is 4.39 Å². The molecule has 0 saturated carbocycles. The SMILES string of the molecule is CC(C)(C)c1ccccc1F.Cc1c(C(C)(C)C)ccnc1F.Cc1cccc(C(C)(C)C)c1C. The highest BCUT2D eigenvalue weighted by molar-refractivity contribution is 5.37. The van der Waals surface area contributed by atoms with E-state index < -0.39 is 0 Å². The van der Waals surface area contributed by atoms with Gasteiger partial charge in [-0.3, -0.25) is 0 Å². The topological polar surface area (TPSA) is 12.9 Å². The van der Waals surface area contributed by atoms with Crippen molar-refractivity contribution in [3.05, 3.63) is 99.9 Å². The largest absolute Gasteiger partial charge is 0.228 e. The standard InChI is InChI=1S/C12H18.C10H14FN.C10H13F/c1-9-7-6-8-11(10(9)2)12(3,4)5;1-7-8(10(2,3)4)5-6-12-9(7)11;1-10(2,3)8-6-4-5-7-9(8)11/h6-8H,1-5H3;5-6H,1-4H3;4-7H,1-3H3. The molecule has 3 aromatic rings. The summed E-state index contributed by atoms with van der Waals surface area (Å²) >= 11 is 0. The van der Waals surface area contributed by atoms with E-state index in [9.17, 15) is 8.78 Å². The van der Waals surface area contributed by atoms with E-state index in [-0.39, 0.29) is 28.0 Å². The van der Waals surface area contributed by atoms with Gasteiger partial charge in [-0.1, -0.05) is 98.7 Å². The molecule has 0 aliphatic rings. The van der Waals surface area contributed by atoms with Crippen LogP contribution >= 0.6 is 0 Å². The number of aryl methyl sites for hydroxylation is 1. The first kappa shape index (κ1) is 30.5. The highest BCUT2D eigenvalue weighted by Crippen LogP contribution is 2.27. The van der Waals surface area contributed by atoms with Gasteiger partial charge in [-0.05, 0) is 77.0 Å². The molecule has 0 saturated heterocycles. The van der Waals surface area contributed by atoms with Crippen LogP contribution in [0, 0.1) is 32.5 Å². The maximum absolute atomic E-state index is 13.1. The second kappa shape index (κ2) is 11.9. The highest BCUT2D eigenvalue weighted by Gasteiger charge is 2.18. The van der Waals surface area contributed by atoms with Crippen molar-refractivity contribution < 1.29 is 8.78 Å². The van der Waals surface area contributed by atoms with E-state index in [0.717, 1.165) is 11.1 Å². The van der Waals surface area contributed by atoms with Crippen LogP contribution in [0.5, 0.6) is 0 Å². The lowest BCUT2D eigenvalue weighted by atomic mass is 9.83. The lowest BCUT2D eigenvalue weighted by Gasteiger charge is -2.22. The molecule has 0 fully saturated rings. The minimum atomic E-state index is -0.359. The third-order valence-corrected chi connectivity index (χ3v) is 6.05. The predicted molar refractivity (Wildman–Crippen MR) is 147 cm³/mol. The summed E-state index contributed by atoms with van der Waals surface area (Å²) in [6, 6.07) is 15.3.